The smallest absolute Gasteiger partial charge is 0.144 e. The van der Waals surface area contributed by atoms with E-state index in [1.54, 1.807) is 0 Å². The van der Waals surface area contributed by atoms with Crippen molar-refractivity contribution in [3.63, 3.8) is 0 Å². The van der Waals surface area contributed by atoms with Crippen molar-refractivity contribution in [2.45, 2.75) is 0 Å². The fraction of sp³-hybridized carbons (Fsp3) is 0. The minimum atomic E-state index is -2.39. The number of fused-ring (bicyclic) bond motifs is 4. The Morgan fingerprint density at radius 2 is 1.18 bits per heavy atom. The quantitative estimate of drug-likeness (QED) is 0.252. The van der Waals surface area contributed by atoms with Crippen LogP contribution in [0.4, 0.5) is 0 Å². The molecule has 7 rings (SSSR count). The van der Waals surface area contributed by atoms with Gasteiger partial charge in [0.05, 0.1) is 11.3 Å². The first-order chi connectivity index (χ1) is 16.7. The zero-order valence-corrected chi connectivity index (χ0v) is 19.9. The maximum absolute atomic E-state index is 6.68. The molecule has 0 aliphatic carbocycles. The van der Waals surface area contributed by atoms with Crippen LogP contribution in [0.3, 0.4) is 0 Å². The van der Waals surface area contributed by atoms with Crippen LogP contribution in [0, 0.1) is 0 Å². The monoisotopic (exact) mass is 474 g/mol. The van der Waals surface area contributed by atoms with E-state index in [0.717, 1.165) is 61.2 Å². The van der Waals surface area contributed by atoms with Gasteiger partial charge in [-0.05, 0) is 47.0 Å². The first kappa shape index (κ1) is 19.8. The molecule has 1 atom stereocenters. The Morgan fingerprint density at radius 1 is 0.500 bits per heavy atom. The second kappa shape index (κ2) is 7.43. The van der Waals surface area contributed by atoms with E-state index in [1.165, 1.54) is 0 Å². The Hall–Kier alpha value is -3.65. The number of rotatable bonds is 2. The van der Waals surface area contributed by atoms with Crippen molar-refractivity contribution in [2.24, 2.45) is 0 Å². The van der Waals surface area contributed by atoms with Gasteiger partial charge in [-0.15, -0.1) is 0 Å². The Kier molecular flexibility index (Phi) is 4.32. The van der Waals surface area contributed by atoms with Gasteiger partial charge in [0.1, 0.15) is 23.0 Å². The average Bonchev–Trinajstić information content (AvgIpc) is 2.89. The fourth-order valence-electron chi connectivity index (χ4n) is 4.97. The topological polar surface area (TPSA) is 18.5 Å². The molecule has 0 radical (unpaired) electrons. The summed E-state index contributed by atoms with van der Waals surface area (Å²) in [7, 11) is 0. The van der Waals surface area contributed by atoms with Crippen LogP contribution in [0.25, 0.3) is 22.3 Å². The first-order valence-corrected chi connectivity index (χ1v) is 14.0. The molecule has 0 aromatic heterocycles. The van der Waals surface area contributed by atoms with Crippen molar-refractivity contribution in [3.05, 3.63) is 115 Å². The predicted octanol–water partition coefficient (Wildman–Crippen LogP) is 6.99. The highest BCUT2D eigenvalue weighted by atomic mass is 32.4. The lowest BCUT2D eigenvalue weighted by atomic mass is 10.0. The summed E-state index contributed by atoms with van der Waals surface area (Å²) < 4.78 is 13.0. The summed E-state index contributed by atoms with van der Waals surface area (Å²) in [5.74, 6) is 3.30. The molecule has 0 amide bonds. The summed E-state index contributed by atoms with van der Waals surface area (Å²) >= 11 is 6.68. The van der Waals surface area contributed by atoms with Crippen molar-refractivity contribution in [3.8, 4) is 45.3 Å². The molecule has 0 bridgehead atoms. The van der Waals surface area contributed by atoms with Gasteiger partial charge in [0.15, 0.2) is 0 Å². The second-order valence-corrected chi connectivity index (χ2v) is 12.8. The molecule has 2 aliphatic heterocycles. The van der Waals surface area contributed by atoms with Gasteiger partial charge in [-0.25, -0.2) is 0 Å². The van der Waals surface area contributed by atoms with Crippen molar-refractivity contribution in [1.29, 1.82) is 0 Å². The van der Waals surface area contributed by atoms with E-state index in [2.05, 4.69) is 84.9 Å². The van der Waals surface area contributed by atoms with Crippen LogP contribution in [0.5, 0.6) is 23.0 Å². The minimum absolute atomic E-state index is 0.800. The number of ether oxygens (including phenoxy) is 2. The lowest BCUT2D eigenvalue weighted by Gasteiger charge is -2.38. The average molecular weight is 475 g/mol. The van der Waals surface area contributed by atoms with Crippen LogP contribution < -0.4 is 25.4 Å². The number of benzene rings is 5. The van der Waals surface area contributed by atoms with Gasteiger partial charge in [0, 0.05) is 16.2 Å². The first-order valence-electron chi connectivity index (χ1n) is 11.2. The van der Waals surface area contributed by atoms with Crippen LogP contribution in [0.2, 0.25) is 0 Å². The highest BCUT2D eigenvalue weighted by Gasteiger charge is 2.43. The van der Waals surface area contributed by atoms with Crippen molar-refractivity contribution < 1.29 is 9.47 Å². The van der Waals surface area contributed by atoms with Crippen LogP contribution in [0.15, 0.2) is 115 Å². The lowest BCUT2D eigenvalue weighted by Crippen LogP contribution is -2.35. The number of para-hydroxylation sites is 1. The third kappa shape index (κ3) is 2.78. The maximum atomic E-state index is 6.68. The maximum Gasteiger partial charge on any atom is 0.144 e. The van der Waals surface area contributed by atoms with E-state index in [4.69, 9.17) is 21.3 Å². The standard InChI is InChI=1S/C30H19O2PS/c34-33-27-18-17-22(20-9-3-1-4-10-20)19-26(27)31-24-14-8-15-25(30(24)33)32-29-23(13-7-16-28(29)33)21-11-5-2-6-12-21/h1-19H. The van der Waals surface area contributed by atoms with Crippen molar-refractivity contribution in [1.82, 2.24) is 0 Å². The van der Waals surface area contributed by atoms with Crippen LogP contribution in [0.1, 0.15) is 0 Å². The summed E-state index contributed by atoms with van der Waals surface area (Å²) in [5, 5.41) is 3.18. The van der Waals surface area contributed by atoms with Gasteiger partial charge in [-0.1, -0.05) is 96.7 Å². The Balaban J connectivity index is 1.50. The minimum Gasteiger partial charge on any atom is -0.456 e. The molecule has 2 heterocycles. The highest BCUT2D eigenvalue weighted by Crippen LogP contribution is 2.59. The van der Waals surface area contributed by atoms with Crippen LogP contribution in [-0.2, 0) is 11.8 Å². The summed E-state index contributed by atoms with van der Waals surface area (Å²) in [6.07, 6.45) is 0. The van der Waals surface area contributed by atoms with E-state index >= 15 is 0 Å². The Labute approximate surface area is 203 Å². The van der Waals surface area contributed by atoms with Gasteiger partial charge in [-0.3, -0.25) is 0 Å². The van der Waals surface area contributed by atoms with E-state index in [9.17, 15) is 0 Å². The van der Waals surface area contributed by atoms with Crippen molar-refractivity contribution >= 4 is 33.8 Å². The van der Waals surface area contributed by atoms with Crippen molar-refractivity contribution in [2.75, 3.05) is 0 Å². The van der Waals surface area contributed by atoms with Gasteiger partial charge in [0.2, 0.25) is 0 Å². The highest BCUT2D eigenvalue weighted by molar-refractivity contribution is 8.26. The van der Waals surface area contributed by atoms with Crippen LogP contribution >= 0.6 is 6.04 Å². The number of hydrogen-bond acceptors (Lipinski definition) is 3. The zero-order chi connectivity index (χ0) is 22.7. The summed E-state index contributed by atoms with van der Waals surface area (Å²) in [6.45, 7) is 0. The molecule has 0 fully saturated rings. The molecular formula is C30H19O2PS. The van der Waals surface area contributed by atoms with Gasteiger partial charge >= 0.3 is 0 Å². The summed E-state index contributed by atoms with van der Waals surface area (Å²) in [6, 6.07) is 37.2. The molecule has 34 heavy (non-hydrogen) atoms. The molecule has 0 N–H and O–H groups in total. The molecule has 5 aromatic carbocycles. The second-order valence-electron chi connectivity index (χ2n) is 8.48. The van der Waals surface area contributed by atoms with E-state index in [1.807, 2.05) is 30.3 Å². The third-order valence-corrected chi connectivity index (χ3v) is 11.4. The molecule has 0 saturated heterocycles. The Bertz CT molecular complexity index is 1630. The van der Waals surface area contributed by atoms with E-state index < -0.39 is 6.04 Å². The van der Waals surface area contributed by atoms with Crippen LogP contribution in [-0.4, -0.2) is 0 Å². The van der Waals surface area contributed by atoms with E-state index in [-0.39, 0.29) is 0 Å². The molecule has 2 aliphatic rings. The molecule has 0 spiro atoms. The lowest BCUT2D eigenvalue weighted by molar-refractivity contribution is 0.467. The van der Waals surface area contributed by atoms with Gasteiger partial charge in [-0.2, -0.15) is 0 Å². The Morgan fingerprint density at radius 3 is 1.94 bits per heavy atom. The molecule has 0 saturated carbocycles. The molecular weight excluding hydrogens is 455 g/mol. The fourth-order valence-corrected chi connectivity index (χ4v) is 9.45. The molecule has 5 aromatic rings. The molecule has 4 heteroatoms. The predicted molar refractivity (Wildman–Crippen MR) is 144 cm³/mol. The van der Waals surface area contributed by atoms with Gasteiger partial charge in [0.25, 0.3) is 0 Å². The molecule has 2 nitrogen and oxygen atoms in total. The van der Waals surface area contributed by atoms with Gasteiger partial charge < -0.3 is 9.47 Å². The largest absolute Gasteiger partial charge is 0.456 e. The number of hydrogen-bond donors (Lipinski definition) is 0. The molecule has 1 unspecified atom stereocenters. The summed E-state index contributed by atoms with van der Waals surface area (Å²) in [4.78, 5) is 0. The van der Waals surface area contributed by atoms with E-state index in [0.29, 0.717) is 0 Å². The SMILES string of the molecule is S=P12c3ccc(-c4ccccc4)cc3Oc3cccc(c31)Oc1c(-c3ccccc3)cccc12. The third-order valence-electron chi connectivity index (χ3n) is 6.53. The normalized spacial score (nSPS) is 16.9. The summed E-state index contributed by atoms with van der Waals surface area (Å²) in [5.41, 5.74) is 4.46. The zero-order valence-electron chi connectivity index (χ0n) is 18.1. The molecule has 162 valence electrons.